The van der Waals surface area contributed by atoms with E-state index in [1.54, 1.807) is 48.5 Å². The topological polar surface area (TPSA) is 171 Å². The van der Waals surface area contributed by atoms with Gasteiger partial charge in [0.25, 0.3) is 0 Å². The summed E-state index contributed by atoms with van der Waals surface area (Å²) in [5.74, 6) is 0. The summed E-state index contributed by atoms with van der Waals surface area (Å²) in [4.78, 5) is 4.79. The summed E-state index contributed by atoms with van der Waals surface area (Å²) >= 11 is 11.1. The van der Waals surface area contributed by atoms with Crippen LogP contribution < -0.4 is 0 Å². The van der Waals surface area contributed by atoms with E-state index in [4.69, 9.17) is 34.0 Å². The number of diazo groups is 2. The molecule has 4 aromatic carbocycles. The van der Waals surface area contributed by atoms with Gasteiger partial charge in [-0.25, -0.2) is 16.8 Å². The molecule has 0 saturated carbocycles. The monoisotopic (exact) mass is 564 g/mol. The highest BCUT2D eigenvalue weighted by Crippen LogP contribution is 2.28. The van der Waals surface area contributed by atoms with Crippen molar-refractivity contribution in [2.45, 2.75) is 9.79 Å². The van der Waals surface area contributed by atoms with E-state index in [9.17, 15) is 25.9 Å². The van der Waals surface area contributed by atoms with Gasteiger partial charge in [-0.3, -0.25) is 0 Å². The minimum atomic E-state index is -4.74. The Labute approximate surface area is 216 Å². The van der Waals surface area contributed by atoms with Crippen molar-refractivity contribution in [2.24, 2.45) is 0 Å². The highest BCUT2D eigenvalue weighted by molar-refractivity contribution is 7.86. The maximum Gasteiger partial charge on any atom is 0.386 e. The molecule has 0 aliphatic heterocycles. The van der Waals surface area contributed by atoms with Gasteiger partial charge in [0.2, 0.25) is 10.8 Å². The molecule has 0 aliphatic rings. The van der Waals surface area contributed by atoms with Crippen LogP contribution in [0, 0.1) is 10.8 Å². The van der Waals surface area contributed by atoms with E-state index in [1.165, 1.54) is 24.3 Å². The summed E-state index contributed by atoms with van der Waals surface area (Å²) in [7, 11) is -9.48. The fourth-order valence-electron chi connectivity index (χ4n) is 2.76. The number of halogens is 2. The summed E-state index contributed by atoms with van der Waals surface area (Å²) in [6.07, 6.45) is 0. The van der Waals surface area contributed by atoms with Crippen LogP contribution >= 0.6 is 23.2 Å². The van der Waals surface area contributed by atoms with Crippen LogP contribution in [0.4, 0.5) is 11.4 Å². The predicted octanol–water partition coefficient (Wildman–Crippen LogP) is 6.30. The number of hydrogen-bond donors (Lipinski definition) is 0. The Morgan fingerprint density at radius 3 is 1.17 bits per heavy atom. The molecule has 0 aliphatic carbocycles. The first-order chi connectivity index (χ1) is 16.9. The predicted molar refractivity (Wildman–Crippen MR) is 132 cm³/mol. The van der Waals surface area contributed by atoms with Gasteiger partial charge in [-0.2, -0.15) is 0 Å². The van der Waals surface area contributed by atoms with Crippen molar-refractivity contribution >= 4 is 65.6 Å². The van der Waals surface area contributed by atoms with E-state index >= 15 is 0 Å². The number of benzene rings is 4. The van der Waals surface area contributed by atoms with Crippen molar-refractivity contribution in [3.63, 3.8) is 0 Å². The quantitative estimate of drug-likeness (QED) is 0.201. The standard InChI is InChI=1S/C10H8O6S2.2C6H4ClN2/c11-17(12,13)9-5-1-3-7-8(9)4-2-6-10(7)18(14,15)16;2*7-5-2-1-3-6(4-5)9-8/h1-6H,(H,11,12,13)(H,14,15,16);2*1-4H/q;2*+1/p-2. The van der Waals surface area contributed by atoms with E-state index < -0.39 is 30.0 Å². The lowest BCUT2D eigenvalue weighted by Gasteiger charge is -2.14. The molecule has 0 atom stereocenters. The second-order valence-corrected chi connectivity index (χ2v) is 10.2. The molecule has 0 N–H and O–H groups in total. The molecule has 0 unspecified atom stereocenters. The first kappa shape index (κ1) is 28.6. The van der Waals surface area contributed by atoms with Gasteiger partial charge in [-0.05, 0) is 24.3 Å². The van der Waals surface area contributed by atoms with E-state index in [1.807, 2.05) is 0 Å². The van der Waals surface area contributed by atoms with Gasteiger partial charge in [0, 0.05) is 33.0 Å². The molecular formula is C22H14Cl2N4O6S2. The Hall–Kier alpha value is -3.62. The van der Waals surface area contributed by atoms with Gasteiger partial charge in [-0.15, -0.1) is 0 Å². The van der Waals surface area contributed by atoms with Crippen LogP contribution in [0.25, 0.3) is 20.7 Å². The van der Waals surface area contributed by atoms with Crippen molar-refractivity contribution in [1.82, 2.24) is 0 Å². The fraction of sp³-hybridized carbons (Fsp3) is 0. The van der Waals surface area contributed by atoms with Crippen LogP contribution in [0.15, 0.2) is 94.7 Å². The Morgan fingerprint density at radius 2 is 0.917 bits per heavy atom. The molecule has 36 heavy (non-hydrogen) atoms. The first-order valence-electron chi connectivity index (χ1n) is 9.51. The van der Waals surface area contributed by atoms with Crippen LogP contribution in [-0.2, 0) is 20.2 Å². The molecule has 10 nitrogen and oxygen atoms in total. The van der Waals surface area contributed by atoms with Crippen LogP contribution in [0.2, 0.25) is 10.0 Å². The van der Waals surface area contributed by atoms with Crippen LogP contribution in [0.5, 0.6) is 0 Å². The Balaban J connectivity index is 0.000000212. The Kier molecular flexibility index (Phi) is 9.84. The second-order valence-electron chi connectivity index (χ2n) is 6.68. The zero-order chi connectivity index (χ0) is 26.9. The summed E-state index contributed by atoms with van der Waals surface area (Å²) in [6, 6.07) is 20.4. The van der Waals surface area contributed by atoms with E-state index in [0.717, 1.165) is 12.1 Å². The lowest BCUT2D eigenvalue weighted by atomic mass is 10.1. The molecular weight excluding hydrogens is 551 g/mol. The maximum atomic E-state index is 11.0. The molecule has 14 heteroatoms. The van der Waals surface area contributed by atoms with Crippen molar-refractivity contribution < 1.29 is 25.9 Å². The molecule has 184 valence electrons. The highest BCUT2D eigenvalue weighted by Gasteiger charge is 2.12. The summed E-state index contributed by atoms with van der Waals surface area (Å²) in [6.45, 7) is 0. The summed E-state index contributed by atoms with van der Waals surface area (Å²) in [5, 5.41) is 17.4. The average molecular weight is 565 g/mol. The smallest absolute Gasteiger partial charge is 0.386 e. The molecule has 0 amide bonds. The normalized spacial score (nSPS) is 10.6. The van der Waals surface area contributed by atoms with Gasteiger partial charge in [0.15, 0.2) is 9.95 Å². The van der Waals surface area contributed by atoms with Gasteiger partial charge in [-0.1, -0.05) is 59.6 Å². The third kappa shape index (κ3) is 8.25. The summed E-state index contributed by atoms with van der Waals surface area (Å²) in [5.41, 5.74) is 0.949. The molecule has 0 fully saturated rings. The molecule has 4 aromatic rings. The lowest BCUT2D eigenvalue weighted by Crippen LogP contribution is -2.03. The average Bonchev–Trinajstić information content (AvgIpc) is 2.83. The van der Waals surface area contributed by atoms with Crippen LogP contribution in [-0.4, -0.2) is 25.9 Å². The third-order valence-electron chi connectivity index (χ3n) is 4.23. The van der Waals surface area contributed by atoms with E-state index in [2.05, 4.69) is 9.95 Å². The van der Waals surface area contributed by atoms with E-state index in [-0.39, 0.29) is 10.8 Å². The van der Waals surface area contributed by atoms with Crippen LogP contribution in [0.3, 0.4) is 0 Å². The molecule has 0 radical (unpaired) electrons. The molecule has 0 bridgehead atoms. The van der Waals surface area contributed by atoms with Gasteiger partial charge >= 0.3 is 11.4 Å². The Morgan fingerprint density at radius 1 is 0.583 bits per heavy atom. The van der Waals surface area contributed by atoms with Gasteiger partial charge < -0.3 is 9.11 Å². The summed E-state index contributed by atoms with van der Waals surface area (Å²) < 4.78 is 66.1. The van der Waals surface area contributed by atoms with Crippen LogP contribution in [0.1, 0.15) is 0 Å². The highest BCUT2D eigenvalue weighted by atomic mass is 35.5. The van der Waals surface area contributed by atoms with E-state index in [0.29, 0.717) is 21.4 Å². The number of fused-ring (bicyclic) bond motifs is 1. The molecule has 0 aromatic heterocycles. The van der Waals surface area contributed by atoms with Gasteiger partial charge in [0.05, 0.1) is 21.9 Å². The van der Waals surface area contributed by atoms with Crippen molar-refractivity contribution in [1.29, 1.82) is 10.8 Å². The van der Waals surface area contributed by atoms with Crippen molar-refractivity contribution in [3.8, 4) is 0 Å². The number of rotatable bonds is 2. The van der Waals surface area contributed by atoms with Crippen molar-refractivity contribution in [2.75, 3.05) is 0 Å². The largest absolute Gasteiger partial charge is 0.744 e. The second kappa shape index (κ2) is 12.4. The molecule has 4 rings (SSSR count). The maximum absolute atomic E-state index is 11.0. The molecule has 0 saturated heterocycles. The first-order valence-corrected chi connectivity index (χ1v) is 13.1. The lowest BCUT2D eigenvalue weighted by molar-refractivity contribution is 0.461. The zero-order valence-electron chi connectivity index (χ0n) is 17.9. The zero-order valence-corrected chi connectivity index (χ0v) is 21.0. The third-order valence-corrected chi connectivity index (χ3v) is 6.49. The number of hydrogen-bond acceptors (Lipinski definition) is 8. The number of nitrogens with zero attached hydrogens (tertiary/aromatic N) is 4. The van der Waals surface area contributed by atoms with Crippen molar-refractivity contribution in [3.05, 3.63) is 105 Å². The Bertz CT molecular complexity index is 1570. The fourth-order valence-corrected chi connectivity index (χ4v) is 4.52. The van der Waals surface area contributed by atoms with Gasteiger partial charge in [0.1, 0.15) is 20.2 Å². The minimum absolute atomic E-state index is 0.0792. The molecule has 0 heterocycles. The molecule has 0 spiro atoms. The SMILES string of the molecule is N#[N+]c1cccc(Cl)c1.N#[N+]c1cccc(Cl)c1.O=S(=O)([O-])c1cccc2c(S(=O)(=O)[O-])cccc12. The minimum Gasteiger partial charge on any atom is -0.744 e.